The minimum absolute atomic E-state index is 0.151. The minimum atomic E-state index is -0.633. The molecule has 31 heavy (non-hydrogen) atoms. The van der Waals surface area contributed by atoms with Gasteiger partial charge < -0.3 is 15.0 Å². The summed E-state index contributed by atoms with van der Waals surface area (Å²) in [5.41, 5.74) is 0.764. The van der Waals surface area contributed by atoms with E-state index in [-0.39, 0.29) is 30.6 Å². The lowest BCUT2D eigenvalue weighted by Gasteiger charge is -2.29. The molecule has 5 nitrogen and oxygen atoms in total. The molecule has 0 fully saturated rings. The Morgan fingerprint density at radius 1 is 1.10 bits per heavy atom. The van der Waals surface area contributed by atoms with Gasteiger partial charge in [0.05, 0.1) is 6.61 Å². The molecule has 0 saturated heterocycles. The van der Waals surface area contributed by atoms with Crippen LogP contribution in [0.4, 0.5) is 4.39 Å². The highest BCUT2D eigenvalue weighted by molar-refractivity contribution is 6.30. The fourth-order valence-corrected chi connectivity index (χ4v) is 3.12. The van der Waals surface area contributed by atoms with Crippen LogP contribution < -0.4 is 10.1 Å². The van der Waals surface area contributed by atoms with Gasteiger partial charge in [-0.1, -0.05) is 37.1 Å². The highest BCUT2D eigenvalue weighted by Gasteiger charge is 2.25. The molecular formula is C24H30ClFN2O3. The van der Waals surface area contributed by atoms with E-state index in [4.69, 9.17) is 16.3 Å². The van der Waals surface area contributed by atoms with Crippen LogP contribution in [0.5, 0.6) is 5.75 Å². The van der Waals surface area contributed by atoms with E-state index in [1.807, 2.05) is 6.92 Å². The van der Waals surface area contributed by atoms with Gasteiger partial charge in [-0.3, -0.25) is 9.59 Å². The first-order chi connectivity index (χ1) is 14.9. The summed E-state index contributed by atoms with van der Waals surface area (Å²) >= 11 is 5.86. The number of halogens is 2. The Balaban J connectivity index is 1.96. The molecule has 0 aliphatic carbocycles. The number of ether oxygens (including phenoxy) is 1. The van der Waals surface area contributed by atoms with E-state index >= 15 is 0 Å². The van der Waals surface area contributed by atoms with Crippen LogP contribution in [0, 0.1) is 5.82 Å². The summed E-state index contributed by atoms with van der Waals surface area (Å²) < 4.78 is 18.9. The normalized spacial score (nSPS) is 11.6. The lowest BCUT2D eigenvalue weighted by Crippen LogP contribution is -2.47. The highest BCUT2D eigenvalue weighted by atomic mass is 35.5. The monoisotopic (exact) mass is 448 g/mol. The zero-order valence-corrected chi connectivity index (χ0v) is 18.8. The molecule has 0 bridgehead atoms. The number of nitrogens with zero attached hydrogens (tertiary/aromatic N) is 1. The van der Waals surface area contributed by atoms with Gasteiger partial charge in [-0.25, -0.2) is 4.39 Å². The van der Waals surface area contributed by atoms with E-state index in [0.717, 1.165) is 18.4 Å². The number of unbranched alkanes of at least 4 members (excludes halogenated alkanes) is 1. The van der Waals surface area contributed by atoms with Crippen LogP contribution in [0.1, 0.15) is 45.1 Å². The third-order valence-electron chi connectivity index (χ3n) is 4.88. The molecular weight excluding hydrogens is 419 g/mol. The Hall–Kier alpha value is -2.60. The highest BCUT2D eigenvalue weighted by Crippen LogP contribution is 2.16. The van der Waals surface area contributed by atoms with Crippen molar-refractivity contribution in [3.05, 3.63) is 64.9 Å². The number of hydrogen-bond acceptors (Lipinski definition) is 3. The summed E-state index contributed by atoms with van der Waals surface area (Å²) in [7, 11) is 0. The second-order valence-electron chi connectivity index (χ2n) is 7.37. The maximum atomic E-state index is 13.2. The SMILES string of the molecule is CCCCNC(=O)C(C)N(Cc1ccc(F)cc1)C(=O)CCCOc1ccc(Cl)cc1. The number of carbonyl (C=O) groups excluding carboxylic acids is 2. The summed E-state index contributed by atoms with van der Waals surface area (Å²) in [5.74, 6) is -0.00137. The van der Waals surface area contributed by atoms with Crippen molar-refractivity contribution >= 4 is 23.4 Å². The van der Waals surface area contributed by atoms with Gasteiger partial charge in [0.1, 0.15) is 17.6 Å². The number of benzene rings is 2. The first-order valence-corrected chi connectivity index (χ1v) is 11.0. The van der Waals surface area contributed by atoms with Crippen molar-refractivity contribution in [2.24, 2.45) is 0 Å². The van der Waals surface area contributed by atoms with Gasteiger partial charge in [-0.2, -0.15) is 0 Å². The topological polar surface area (TPSA) is 58.6 Å². The van der Waals surface area contributed by atoms with E-state index in [1.54, 1.807) is 43.3 Å². The Labute approximate surface area is 188 Å². The Morgan fingerprint density at radius 2 is 1.77 bits per heavy atom. The number of nitrogens with one attached hydrogen (secondary N) is 1. The summed E-state index contributed by atoms with van der Waals surface area (Å²) in [5, 5.41) is 3.51. The fourth-order valence-electron chi connectivity index (χ4n) is 2.99. The molecule has 0 aliphatic heterocycles. The molecule has 2 aromatic rings. The molecule has 1 atom stereocenters. The van der Waals surface area contributed by atoms with Crippen molar-refractivity contribution in [3.63, 3.8) is 0 Å². The zero-order chi connectivity index (χ0) is 22.6. The van der Waals surface area contributed by atoms with Gasteiger partial charge in [0.2, 0.25) is 11.8 Å². The number of hydrogen-bond donors (Lipinski definition) is 1. The number of carbonyl (C=O) groups is 2. The first kappa shape index (κ1) is 24.7. The molecule has 2 rings (SSSR count). The molecule has 0 spiro atoms. The molecule has 2 aromatic carbocycles. The van der Waals surface area contributed by atoms with Gasteiger partial charge in [-0.05, 0) is 61.7 Å². The Kier molecular flexibility index (Phi) is 10.3. The lowest BCUT2D eigenvalue weighted by molar-refractivity contribution is -0.140. The molecule has 7 heteroatoms. The van der Waals surface area contributed by atoms with Crippen LogP contribution in [0.2, 0.25) is 5.02 Å². The molecule has 0 saturated carbocycles. The van der Waals surface area contributed by atoms with Crippen molar-refractivity contribution < 1.29 is 18.7 Å². The minimum Gasteiger partial charge on any atom is -0.494 e. The van der Waals surface area contributed by atoms with Crippen molar-refractivity contribution in [2.75, 3.05) is 13.2 Å². The fraction of sp³-hybridized carbons (Fsp3) is 0.417. The maximum absolute atomic E-state index is 13.2. The Bertz CT molecular complexity index is 828. The largest absolute Gasteiger partial charge is 0.494 e. The van der Waals surface area contributed by atoms with Gasteiger partial charge in [0.25, 0.3) is 0 Å². The predicted molar refractivity (Wildman–Crippen MR) is 121 cm³/mol. The van der Waals surface area contributed by atoms with Crippen LogP contribution in [-0.4, -0.2) is 35.9 Å². The van der Waals surface area contributed by atoms with Crippen molar-refractivity contribution in [1.82, 2.24) is 10.2 Å². The van der Waals surface area contributed by atoms with Crippen molar-refractivity contribution in [2.45, 2.75) is 52.1 Å². The standard InChI is InChI=1S/C24H30ClFN2O3/c1-3-4-15-27-24(30)18(2)28(17-19-7-11-21(26)12-8-19)23(29)6-5-16-31-22-13-9-20(25)10-14-22/h7-14,18H,3-6,15-17H2,1-2H3,(H,27,30). The second kappa shape index (κ2) is 13.0. The summed E-state index contributed by atoms with van der Waals surface area (Å²) in [6.07, 6.45) is 2.60. The van der Waals surface area contributed by atoms with Gasteiger partial charge in [0, 0.05) is 24.5 Å². The second-order valence-corrected chi connectivity index (χ2v) is 7.81. The molecule has 0 radical (unpaired) electrons. The van der Waals surface area contributed by atoms with Gasteiger partial charge >= 0.3 is 0 Å². The molecule has 1 unspecified atom stereocenters. The lowest BCUT2D eigenvalue weighted by atomic mass is 10.1. The summed E-state index contributed by atoms with van der Waals surface area (Å²) in [6.45, 7) is 4.94. The average molecular weight is 449 g/mol. The van der Waals surface area contributed by atoms with Crippen LogP contribution in [0.15, 0.2) is 48.5 Å². The van der Waals surface area contributed by atoms with E-state index in [1.165, 1.54) is 17.0 Å². The molecule has 0 aromatic heterocycles. The smallest absolute Gasteiger partial charge is 0.242 e. The predicted octanol–water partition coefficient (Wildman–Crippen LogP) is 4.97. The molecule has 1 N–H and O–H groups in total. The van der Waals surface area contributed by atoms with E-state index in [0.29, 0.717) is 30.3 Å². The van der Waals surface area contributed by atoms with Crippen molar-refractivity contribution in [1.29, 1.82) is 0 Å². The summed E-state index contributed by atoms with van der Waals surface area (Å²) in [4.78, 5) is 27.0. The quantitative estimate of drug-likeness (QED) is 0.466. The molecule has 168 valence electrons. The third kappa shape index (κ3) is 8.58. The zero-order valence-electron chi connectivity index (χ0n) is 18.1. The van der Waals surface area contributed by atoms with Crippen LogP contribution >= 0.6 is 11.6 Å². The van der Waals surface area contributed by atoms with Crippen molar-refractivity contribution in [3.8, 4) is 5.75 Å². The Morgan fingerprint density at radius 3 is 2.42 bits per heavy atom. The maximum Gasteiger partial charge on any atom is 0.242 e. The van der Waals surface area contributed by atoms with Crippen LogP contribution in [-0.2, 0) is 16.1 Å². The van der Waals surface area contributed by atoms with Crippen LogP contribution in [0.3, 0.4) is 0 Å². The summed E-state index contributed by atoms with van der Waals surface area (Å²) in [6, 6.07) is 12.3. The molecule has 0 aliphatic rings. The van der Waals surface area contributed by atoms with E-state index in [2.05, 4.69) is 5.32 Å². The molecule has 0 heterocycles. The number of amides is 2. The first-order valence-electron chi connectivity index (χ1n) is 10.6. The van der Waals surface area contributed by atoms with E-state index in [9.17, 15) is 14.0 Å². The van der Waals surface area contributed by atoms with Gasteiger partial charge in [0.15, 0.2) is 0 Å². The average Bonchev–Trinajstić information content (AvgIpc) is 2.77. The van der Waals surface area contributed by atoms with E-state index < -0.39 is 6.04 Å². The van der Waals surface area contributed by atoms with Crippen LogP contribution in [0.25, 0.3) is 0 Å². The number of rotatable bonds is 12. The van der Waals surface area contributed by atoms with Gasteiger partial charge in [-0.15, -0.1) is 0 Å². The third-order valence-corrected chi connectivity index (χ3v) is 5.13. The molecule has 2 amide bonds.